The van der Waals surface area contributed by atoms with E-state index in [1.807, 2.05) is 95.9 Å². The minimum Gasteiger partial charge on any atom is -0.379 e. The Hall–Kier alpha value is -5.29. The number of rotatable bonds is 9. The number of para-hydroxylation sites is 4. The van der Waals surface area contributed by atoms with Crippen molar-refractivity contribution in [1.82, 2.24) is 24.8 Å². The van der Waals surface area contributed by atoms with Crippen LogP contribution in [0.2, 0.25) is 0 Å². The van der Waals surface area contributed by atoms with Crippen molar-refractivity contribution < 1.29 is 14.3 Å². The van der Waals surface area contributed by atoms with Crippen molar-refractivity contribution in [3.05, 3.63) is 109 Å². The van der Waals surface area contributed by atoms with Gasteiger partial charge in [-0.15, -0.1) is 11.6 Å². The van der Waals surface area contributed by atoms with E-state index in [1.165, 1.54) is 0 Å². The number of carbonyl (C=O) groups is 2. The lowest BCUT2D eigenvalue weighted by Crippen LogP contribution is -2.51. The van der Waals surface area contributed by atoms with Gasteiger partial charge in [0.1, 0.15) is 5.38 Å². The lowest BCUT2D eigenvalue weighted by molar-refractivity contribution is -0.123. The molecular weight excluding hydrogens is 626 g/mol. The molecule has 2 amide bonds. The molecule has 0 saturated carbocycles. The molecule has 11 heteroatoms. The molecule has 0 aliphatic carbocycles. The Morgan fingerprint density at radius 2 is 1.19 bits per heavy atom. The molecule has 1 aliphatic heterocycles. The first-order chi connectivity index (χ1) is 23.5. The second-order valence-corrected chi connectivity index (χ2v) is 12.0. The molecule has 7 rings (SSSR count). The van der Waals surface area contributed by atoms with Crippen LogP contribution in [-0.2, 0) is 14.3 Å². The first kappa shape index (κ1) is 31.3. The molecule has 6 aromatic rings. The second kappa shape index (κ2) is 14.2. The molecule has 3 heterocycles. The summed E-state index contributed by atoms with van der Waals surface area (Å²) in [6.45, 7) is 2.07. The van der Waals surface area contributed by atoms with E-state index in [0.29, 0.717) is 49.1 Å². The monoisotopic (exact) mass is 657 g/mol. The third kappa shape index (κ3) is 7.16. The summed E-state index contributed by atoms with van der Waals surface area (Å²) in [7, 11) is 0. The number of ether oxygens (including phenoxy) is 1. The highest BCUT2D eigenvalue weighted by molar-refractivity contribution is 6.32. The van der Waals surface area contributed by atoms with Crippen LogP contribution in [0.4, 0.5) is 11.4 Å². The van der Waals surface area contributed by atoms with E-state index in [0.717, 1.165) is 33.2 Å². The van der Waals surface area contributed by atoms with Crippen LogP contribution in [0, 0.1) is 0 Å². The zero-order chi connectivity index (χ0) is 32.9. The fraction of sp³-hybridized carbons (Fsp3) is 0.189. The molecule has 10 nitrogen and oxygen atoms in total. The maximum atomic E-state index is 13.8. The smallest absolute Gasteiger partial charge is 0.242 e. The molecule has 1 saturated heterocycles. The van der Waals surface area contributed by atoms with Crippen LogP contribution in [-0.4, -0.2) is 74.4 Å². The van der Waals surface area contributed by atoms with E-state index < -0.39 is 17.3 Å². The molecule has 0 spiro atoms. The van der Waals surface area contributed by atoms with Gasteiger partial charge in [-0.1, -0.05) is 48.5 Å². The summed E-state index contributed by atoms with van der Waals surface area (Å²) in [4.78, 5) is 47.7. The third-order valence-electron chi connectivity index (χ3n) is 8.25. The molecule has 2 N–H and O–H groups in total. The van der Waals surface area contributed by atoms with E-state index in [4.69, 9.17) is 26.3 Å². The number of aromatic nitrogens is 4. The van der Waals surface area contributed by atoms with Gasteiger partial charge in [0.15, 0.2) is 0 Å². The van der Waals surface area contributed by atoms with E-state index in [-0.39, 0.29) is 12.3 Å². The fourth-order valence-corrected chi connectivity index (χ4v) is 5.99. The summed E-state index contributed by atoms with van der Waals surface area (Å²) in [5.74, 6) is -0.657. The standard InChI is InChI=1S/C37H32ClN7O3/c38-28(36(46)41-26-9-5-7-24(19-26)33-22-39-29-11-1-3-13-31(29)43-33)21-35(45-15-17-48-18-16-45)37(47)42-27-10-6-8-25(20-27)34-23-40-30-12-2-4-14-32(30)44-34/h1-14,19-20,22-23,28,35H,15-18,21H2,(H,41,46)(H,42,47). The number of fused-ring (bicyclic) bond motifs is 2. The first-order valence-corrected chi connectivity index (χ1v) is 16.2. The zero-order valence-electron chi connectivity index (χ0n) is 25.9. The van der Waals surface area contributed by atoms with Crippen molar-refractivity contribution in [2.45, 2.75) is 17.8 Å². The van der Waals surface area contributed by atoms with Gasteiger partial charge in [-0.25, -0.2) is 9.97 Å². The molecular formula is C37H32ClN7O3. The lowest BCUT2D eigenvalue weighted by Gasteiger charge is -2.34. The second-order valence-electron chi connectivity index (χ2n) is 11.5. The van der Waals surface area contributed by atoms with E-state index in [1.54, 1.807) is 18.5 Å². The molecule has 2 atom stereocenters. The van der Waals surface area contributed by atoms with Crippen LogP contribution in [0.15, 0.2) is 109 Å². The number of morpholine rings is 1. The summed E-state index contributed by atoms with van der Waals surface area (Å²) in [6, 6.07) is 29.5. The number of alkyl halides is 1. The highest BCUT2D eigenvalue weighted by atomic mass is 35.5. The minimum absolute atomic E-state index is 0.102. The van der Waals surface area contributed by atoms with Crippen molar-refractivity contribution in [2.75, 3.05) is 36.9 Å². The van der Waals surface area contributed by atoms with Crippen LogP contribution in [0.5, 0.6) is 0 Å². The number of nitrogens with zero attached hydrogens (tertiary/aromatic N) is 5. The normalized spacial score (nSPS) is 14.8. The van der Waals surface area contributed by atoms with Crippen molar-refractivity contribution in [2.24, 2.45) is 0 Å². The quantitative estimate of drug-likeness (QED) is 0.177. The number of benzene rings is 4. The Labute approximate surface area is 282 Å². The maximum absolute atomic E-state index is 13.8. The average Bonchev–Trinajstić information content (AvgIpc) is 3.13. The summed E-state index contributed by atoms with van der Waals surface area (Å²) >= 11 is 6.73. The van der Waals surface area contributed by atoms with Crippen molar-refractivity contribution in [3.8, 4) is 22.5 Å². The fourth-order valence-electron chi connectivity index (χ4n) is 5.77. The number of halogens is 1. The van der Waals surface area contributed by atoms with E-state index in [9.17, 15) is 9.59 Å². The Bertz CT molecular complexity index is 2100. The minimum atomic E-state index is -0.980. The van der Waals surface area contributed by atoms with Crippen molar-refractivity contribution in [1.29, 1.82) is 0 Å². The van der Waals surface area contributed by atoms with Gasteiger partial charge in [-0.2, -0.15) is 0 Å². The summed E-state index contributed by atoms with van der Waals surface area (Å²) in [5.41, 5.74) is 7.38. The van der Waals surface area contributed by atoms with Gasteiger partial charge in [0.05, 0.1) is 65.1 Å². The molecule has 1 fully saturated rings. The SMILES string of the molecule is O=C(Nc1cccc(-c2cnc3ccccc3n2)c1)C(Cl)CC(C(=O)Nc1cccc(-c2cnc3ccccc3n2)c1)N1CCOCC1. The number of carbonyl (C=O) groups excluding carboxylic acids is 2. The van der Waals surface area contributed by atoms with Gasteiger partial charge < -0.3 is 15.4 Å². The van der Waals surface area contributed by atoms with Crippen LogP contribution in [0.1, 0.15) is 6.42 Å². The maximum Gasteiger partial charge on any atom is 0.242 e. The van der Waals surface area contributed by atoms with Crippen molar-refractivity contribution >= 4 is 56.9 Å². The number of hydrogen-bond acceptors (Lipinski definition) is 8. The van der Waals surface area contributed by atoms with Crippen LogP contribution >= 0.6 is 11.6 Å². The highest BCUT2D eigenvalue weighted by Crippen LogP contribution is 2.25. The Morgan fingerprint density at radius 1 is 0.688 bits per heavy atom. The van der Waals surface area contributed by atoms with Gasteiger partial charge in [-0.05, 0) is 55.0 Å². The van der Waals surface area contributed by atoms with Gasteiger partial charge >= 0.3 is 0 Å². The summed E-state index contributed by atoms with van der Waals surface area (Å²) in [5, 5.41) is 4.98. The predicted octanol–water partition coefficient (Wildman–Crippen LogP) is 6.18. The summed E-state index contributed by atoms with van der Waals surface area (Å²) < 4.78 is 5.54. The van der Waals surface area contributed by atoms with Gasteiger partial charge in [0.2, 0.25) is 11.8 Å². The molecule has 0 bridgehead atoms. The highest BCUT2D eigenvalue weighted by Gasteiger charge is 2.32. The number of amides is 2. The predicted molar refractivity (Wildman–Crippen MR) is 188 cm³/mol. The number of hydrogen-bond donors (Lipinski definition) is 2. The number of nitrogens with one attached hydrogen (secondary N) is 2. The van der Waals surface area contributed by atoms with Crippen LogP contribution < -0.4 is 10.6 Å². The summed E-state index contributed by atoms with van der Waals surface area (Å²) in [6.07, 6.45) is 3.54. The number of anilines is 2. The van der Waals surface area contributed by atoms with E-state index in [2.05, 4.69) is 20.6 Å². The molecule has 2 unspecified atom stereocenters. The van der Waals surface area contributed by atoms with Crippen molar-refractivity contribution in [3.63, 3.8) is 0 Å². The molecule has 240 valence electrons. The zero-order valence-corrected chi connectivity index (χ0v) is 26.7. The van der Waals surface area contributed by atoms with E-state index >= 15 is 0 Å². The molecule has 0 radical (unpaired) electrons. The third-order valence-corrected chi connectivity index (χ3v) is 8.63. The molecule has 2 aromatic heterocycles. The largest absolute Gasteiger partial charge is 0.379 e. The van der Waals surface area contributed by atoms with Gasteiger partial charge in [0, 0.05) is 35.6 Å². The first-order valence-electron chi connectivity index (χ1n) is 15.7. The molecule has 4 aromatic carbocycles. The Morgan fingerprint density at radius 3 is 1.73 bits per heavy atom. The molecule has 1 aliphatic rings. The Kier molecular flexibility index (Phi) is 9.28. The lowest BCUT2D eigenvalue weighted by atomic mass is 10.1. The Balaban J connectivity index is 1.05. The average molecular weight is 658 g/mol. The van der Waals surface area contributed by atoms with Crippen LogP contribution in [0.25, 0.3) is 44.6 Å². The molecule has 48 heavy (non-hydrogen) atoms. The van der Waals surface area contributed by atoms with Gasteiger partial charge in [-0.3, -0.25) is 24.5 Å². The van der Waals surface area contributed by atoms with Crippen LogP contribution in [0.3, 0.4) is 0 Å². The van der Waals surface area contributed by atoms with Gasteiger partial charge in [0.25, 0.3) is 0 Å². The topological polar surface area (TPSA) is 122 Å².